The van der Waals surface area contributed by atoms with Gasteiger partial charge in [-0.25, -0.2) is 0 Å². The Hall–Kier alpha value is 0.270. The van der Waals surface area contributed by atoms with Crippen molar-refractivity contribution in [1.82, 2.24) is 10.2 Å². The Morgan fingerprint density at radius 2 is 2.19 bits per heavy atom. The first-order valence-corrected chi connectivity index (χ1v) is 7.93. The molecule has 0 aromatic rings. The first kappa shape index (κ1) is 14.3. The van der Waals surface area contributed by atoms with Crippen LogP contribution >= 0.6 is 11.8 Å². The minimum Gasteiger partial charge on any atom is -0.315 e. The molecule has 1 N–H and O–H groups in total. The Bertz CT molecular complexity index is 173. The van der Waals surface area contributed by atoms with Crippen LogP contribution in [0, 0.1) is 0 Å². The molecule has 2 nitrogen and oxygen atoms in total. The van der Waals surface area contributed by atoms with Crippen LogP contribution in [-0.2, 0) is 0 Å². The third-order valence-electron chi connectivity index (χ3n) is 3.39. The van der Waals surface area contributed by atoms with Crippen molar-refractivity contribution in [3.05, 3.63) is 0 Å². The van der Waals surface area contributed by atoms with Crippen LogP contribution in [0.25, 0.3) is 0 Å². The zero-order valence-corrected chi connectivity index (χ0v) is 12.0. The van der Waals surface area contributed by atoms with E-state index in [0.29, 0.717) is 0 Å². The summed E-state index contributed by atoms with van der Waals surface area (Å²) in [6.45, 7) is 11.7. The third kappa shape index (κ3) is 4.64. The number of rotatable bonds is 7. The van der Waals surface area contributed by atoms with Gasteiger partial charge in [-0.3, -0.25) is 4.90 Å². The SMILES string of the molecule is CCCC(CNCC)N1CCSC(CC)C1. The molecule has 1 aliphatic heterocycles. The molecule has 0 amide bonds. The minimum atomic E-state index is 0.764. The lowest BCUT2D eigenvalue weighted by Gasteiger charge is -2.38. The van der Waals surface area contributed by atoms with Gasteiger partial charge in [0.15, 0.2) is 0 Å². The molecule has 0 aliphatic carbocycles. The van der Waals surface area contributed by atoms with Gasteiger partial charge in [-0.2, -0.15) is 11.8 Å². The van der Waals surface area contributed by atoms with Gasteiger partial charge in [-0.1, -0.05) is 27.2 Å². The van der Waals surface area contributed by atoms with Gasteiger partial charge in [0.05, 0.1) is 0 Å². The fourth-order valence-corrected chi connectivity index (χ4v) is 3.58. The summed E-state index contributed by atoms with van der Waals surface area (Å²) in [6.07, 6.45) is 3.96. The molecule has 1 saturated heterocycles. The second kappa shape index (κ2) is 8.37. The maximum atomic E-state index is 3.51. The maximum Gasteiger partial charge on any atom is 0.0221 e. The zero-order valence-electron chi connectivity index (χ0n) is 11.2. The molecule has 16 heavy (non-hydrogen) atoms. The molecule has 96 valence electrons. The summed E-state index contributed by atoms with van der Waals surface area (Å²) < 4.78 is 0. The van der Waals surface area contributed by atoms with Crippen LogP contribution in [0.5, 0.6) is 0 Å². The number of hydrogen-bond acceptors (Lipinski definition) is 3. The fourth-order valence-electron chi connectivity index (χ4n) is 2.38. The van der Waals surface area contributed by atoms with E-state index in [2.05, 4.69) is 42.7 Å². The molecule has 1 aliphatic rings. The Labute approximate surface area is 106 Å². The van der Waals surface area contributed by atoms with Crippen molar-refractivity contribution < 1.29 is 0 Å². The number of thioether (sulfide) groups is 1. The van der Waals surface area contributed by atoms with E-state index in [1.165, 1.54) is 44.6 Å². The van der Waals surface area contributed by atoms with Gasteiger partial charge in [-0.15, -0.1) is 0 Å². The van der Waals surface area contributed by atoms with E-state index in [9.17, 15) is 0 Å². The molecule has 0 bridgehead atoms. The molecule has 2 unspecified atom stereocenters. The summed E-state index contributed by atoms with van der Waals surface area (Å²) >= 11 is 2.16. The van der Waals surface area contributed by atoms with Crippen LogP contribution in [0.1, 0.15) is 40.0 Å². The van der Waals surface area contributed by atoms with Gasteiger partial charge >= 0.3 is 0 Å². The van der Waals surface area contributed by atoms with Crippen LogP contribution in [0.2, 0.25) is 0 Å². The van der Waals surface area contributed by atoms with Crippen molar-refractivity contribution >= 4 is 11.8 Å². The molecule has 0 aromatic carbocycles. The van der Waals surface area contributed by atoms with Gasteiger partial charge in [-0.05, 0) is 19.4 Å². The molecular formula is C13H28N2S. The van der Waals surface area contributed by atoms with Gasteiger partial charge in [0.2, 0.25) is 0 Å². The lowest BCUT2D eigenvalue weighted by molar-refractivity contribution is 0.187. The van der Waals surface area contributed by atoms with Crippen LogP contribution in [0.4, 0.5) is 0 Å². The van der Waals surface area contributed by atoms with Crippen molar-refractivity contribution in [3.63, 3.8) is 0 Å². The second-order valence-corrected chi connectivity index (χ2v) is 6.05. The van der Waals surface area contributed by atoms with E-state index >= 15 is 0 Å². The molecule has 0 aromatic heterocycles. The second-order valence-electron chi connectivity index (χ2n) is 4.65. The summed E-state index contributed by atoms with van der Waals surface area (Å²) in [7, 11) is 0. The molecule has 1 fully saturated rings. The largest absolute Gasteiger partial charge is 0.315 e. The molecule has 3 heteroatoms. The van der Waals surface area contributed by atoms with Gasteiger partial charge in [0.1, 0.15) is 0 Å². The number of nitrogens with one attached hydrogen (secondary N) is 1. The Morgan fingerprint density at radius 3 is 2.81 bits per heavy atom. The highest BCUT2D eigenvalue weighted by Crippen LogP contribution is 2.23. The standard InChI is InChI=1S/C13H28N2S/c1-4-7-12(10-14-6-3)15-8-9-16-13(5-2)11-15/h12-14H,4-11H2,1-3H3. The van der Waals surface area contributed by atoms with Crippen molar-refractivity contribution in [2.45, 2.75) is 51.3 Å². The number of nitrogens with zero attached hydrogens (tertiary/aromatic N) is 1. The molecule has 0 spiro atoms. The number of likely N-dealkylation sites (N-methyl/N-ethyl adjacent to an activating group) is 1. The van der Waals surface area contributed by atoms with E-state index in [-0.39, 0.29) is 0 Å². The summed E-state index contributed by atoms with van der Waals surface area (Å²) in [5.41, 5.74) is 0. The maximum absolute atomic E-state index is 3.51. The van der Waals surface area contributed by atoms with E-state index in [1.54, 1.807) is 0 Å². The number of hydrogen-bond donors (Lipinski definition) is 1. The molecule has 0 saturated carbocycles. The van der Waals surface area contributed by atoms with E-state index in [0.717, 1.165) is 17.8 Å². The van der Waals surface area contributed by atoms with Gasteiger partial charge < -0.3 is 5.32 Å². The Balaban J connectivity index is 2.41. The van der Waals surface area contributed by atoms with Crippen molar-refractivity contribution in [1.29, 1.82) is 0 Å². The first-order chi connectivity index (χ1) is 7.81. The monoisotopic (exact) mass is 244 g/mol. The lowest BCUT2D eigenvalue weighted by atomic mass is 10.1. The molecule has 0 radical (unpaired) electrons. The quantitative estimate of drug-likeness (QED) is 0.741. The summed E-state index contributed by atoms with van der Waals surface area (Å²) in [5, 5.41) is 4.38. The van der Waals surface area contributed by atoms with Crippen molar-refractivity contribution in [2.24, 2.45) is 0 Å². The van der Waals surface area contributed by atoms with Crippen LogP contribution < -0.4 is 5.32 Å². The predicted molar refractivity (Wildman–Crippen MR) is 75.3 cm³/mol. The average molecular weight is 244 g/mol. The fraction of sp³-hybridized carbons (Fsp3) is 1.00. The van der Waals surface area contributed by atoms with Crippen LogP contribution in [0.15, 0.2) is 0 Å². The highest BCUT2D eigenvalue weighted by atomic mass is 32.2. The predicted octanol–water partition coefficient (Wildman–Crippen LogP) is 2.59. The van der Waals surface area contributed by atoms with E-state index < -0.39 is 0 Å². The minimum absolute atomic E-state index is 0.764. The smallest absolute Gasteiger partial charge is 0.0221 e. The Morgan fingerprint density at radius 1 is 1.38 bits per heavy atom. The third-order valence-corrected chi connectivity index (χ3v) is 4.77. The topological polar surface area (TPSA) is 15.3 Å². The summed E-state index contributed by atoms with van der Waals surface area (Å²) in [6, 6.07) is 0.764. The van der Waals surface area contributed by atoms with Crippen LogP contribution in [-0.4, -0.2) is 48.1 Å². The van der Waals surface area contributed by atoms with E-state index in [4.69, 9.17) is 0 Å². The Kier molecular flexibility index (Phi) is 7.50. The summed E-state index contributed by atoms with van der Waals surface area (Å²) in [5.74, 6) is 1.32. The highest BCUT2D eigenvalue weighted by Gasteiger charge is 2.24. The van der Waals surface area contributed by atoms with Crippen molar-refractivity contribution in [3.8, 4) is 0 Å². The molecule has 2 atom stereocenters. The molecule has 1 heterocycles. The lowest BCUT2D eigenvalue weighted by Crippen LogP contribution is -2.48. The first-order valence-electron chi connectivity index (χ1n) is 6.88. The van der Waals surface area contributed by atoms with Gasteiger partial charge in [0, 0.05) is 36.7 Å². The van der Waals surface area contributed by atoms with E-state index in [1.807, 2.05) is 0 Å². The van der Waals surface area contributed by atoms with Gasteiger partial charge in [0.25, 0.3) is 0 Å². The van der Waals surface area contributed by atoms with Crippen LogP contribution in [0.3, 0.4) is 0 Å². The van der Waals surface area contributed by atoms with Crippen molar-refractivity contribution in [2.75, 3.05) is 31.9 Å². The normalized spacial score (nSPS) is 24.6. The highest BCUT2D eigenvalue weighted by molar-refractivity contribution is 8.00. The summed E-state index contributed by atoms with van der Waals surface area (Å²) in [4.78, 5) is 2.72. The zero-order chi connectivity index (χ0) is 11.8. The molecule has 1 rings (SSSR count). The molecular weight excluding hydrogens is 216 g/mol. The average Bonchev–Trinajstić information content (AvgIpc) is 2.34.